The van der Waals surface area contributed by atoms with E-state index in [-0.39, 0.29) is 54.7 Å². The van der Waals surface area contributed by atoms with Crippen LogP contribution in [0.2, 0.25) is 0 Å². The third-order valence-corrected chi connectivity index (χ3v) is 11.3. The van der Waals surface area contributed by atoms with Crippen molar-refractivity contribution in [3.8, 4) is 0 Å². The summed E-state index contributed by atoms with van der Waals surface area (Å²) in [5.74, 6) is -2.34. The number of benzene rings is 1. The molecule has 9 atom stereocenters. The van der Waals surface area contributed by atoms with Crippen molar-refractivity contribution in [2.24, 2.45) is 23.7 Å². The maximum absolute atomic E-state index is 14.1. The molecule has 2 amide bonds. The van der Waals surface area contributed by atoms with Crippen molar-refractivity contribution in [3.63, 3.8) is 0 Å². The Hall–Kier alpha value is -2.72. The lowest BCUT2D eigenvalue weighted by Crippen LogP contribution is -2.54. The van der Waals surface area contributed by atoms with Gasteiger partial charge in [0.1, 0.15) is 11.4 Å². The van der Waals surface area contributed by atoms with Gasteiger partial charge in [-0.15, -0.1) is 0 Å². The van der Waals surface area contributed by atoms with Gasteiger partial charge in [-0.2, -0.15) is 4.89 Å². The van der Waals surface area contributed by atoms with Crippen LogP contribution >= 0.6 is 8.03 Å². The molecule has 0 radical (unpaired) electrons. The van der Waals surface area contributed by atoms with E-state index in [4.69, 9.17) is 14.2 Å². The maximum atomic E-state index is 14.1. The fourth-order valence-corrected chi connectivity index (χ4v) is 8.01. The summed E-state index contributed by atoms with van der Waals surface area (Å²) in [7, 11) is 2.20. The highest BCUT2D eigenvalue weighted by Gasteiger charge is 2.44. The predicted octanol–water partition coefficient (Wildman–Crippen LogP) is 6.22. The van der Waals surface area contributed by atoms with E-state index in [1.54, 1.807) is 51.7 Å². The van der Waals surface area contributed by atoms with Crippen molar-refractivity contribution in [3.05, 3.63) is 35.9 Å². The predicted molar refractivity (Wildman–Crippen MR) is 198 cm³/mol. The molecule has 11 nitrogen and oxygen atoms in total. The average molecular weight is 736 g/mol. The summed E-state index contributed by atoms with van der Waals surface area (Å²) in [6.07, 6.45) is 1.09. The Balaban J connectivity index is 2.25. The molecule has 1 aromatic rings. The fraction of sp³-hybridized carbons (Fsp3) is 0.744. The number of amides is 2. The molecule has 288 valence electrons. The van der Waals surface area contributed by atoms with Crippen LogP contribution in [0.3, 0.4) is 0 Å². The monoisotopic (exact) mass is 735 g/mol. The quantitative estimate of drug-likeness (QED) is 0.122. The number of rotatable bonds is 20. The van der Waals surface area contributed by atoms with Crippen LogP contribution < -0.4 is 0 Å². The number of carbonyl (C=O) groups excluding carboxylic acids is 4. The first-order chi connectivity index (χ1) is 23.9. The molecular formula is C39H64N2O9P+. The van der Waals surface area contributed by atoms with E-state index < -0.39 is 55.3 Å². The van der Waals surface area contributed by atoms with Gasteiger partial charge in [0.2, 0.25) is 11.8 Å². The summed E-state index contributed by atoms with van der Waals surface area (Å²) in [6, 6.07) is 8.53. The molecule has 2 rings (SSSR count). The van der Waals surface area contributed by atoms with Crippen molar-refractivity contribution in [1.82, 2.24) is 9.80 Å². The molecule has 0 saturated carbocycles. The van der Waals surface area contributed by atoms with Gasteiger partial charge in [-0.05, 0) is 55.6 Å². The molecule has 1 saturated heterocycles. The zero-order valence-corrected chi connectivity index (χ0v) is 33.7. The van der Waals surface area contributed by atoms with E-state index >= 15 is 0 Å². The molecule has 0 aliphatic carbocycles. The molecule has 1 N–H and O–H groups in total. The van der Waals surface area contributed by atoms with Crippen molar-refractivity contribution < 1.29 is 42.8 Å². The molecule has 12 heteroatoms. The van der Waals surface area contributed by atoms with Gasteiger partial charge in [0, 0.05) is 40.2 Å². The number of methoxy groups -OCH3 is 2. The summed E-state index contributed by atoms with van der Waals surface area (Å²) in [4.78, 5) is 68.0. The van der Waals surface area contributed by atoms with Crippen molar-refractivity contribution in [2.75, 3.05) is 27.8 Å². The van der Waals surface area contributed by atoms with Crippen LogP contribution in [0.4, 0.5) is 0 Å². The van der Waals surface area contributed by atoms with Crippen LogP contribution in [0.25, 0.3) is 0 Å². The van der Waals surface area contributed by atoms with E-state index in [9.17, 15) is 28.6 Å². The summed E-state index contributed by atoms with van der Waals surface area (Å²) in [6.45, 7) is 15.5. The number of ketones is 1. The van der Waals surface area contributed by atoms with Gasteiger partial charge in [-0.3, -0.25) is 19.2 Å². The zero-order chi connectivity index (χ0) is 38.6. The summed E-state index contributed by atoms with van der Waals surface area (Å²) in [5.41, 5.74) is -0.510. The number of Topliss-reactive ketones (excluding diaryl/α,β-unsaturated/α-hetero) is 1. The van der Waals surface area contributed by atoms with E-state index in [1.807, 2.05) is 58.0 Å². The number of carbonyl (C=O) groups is 4. The van der Waals surface area contributed by atoms with Gasteiger partial charge in [-0.1, -0.05) is 71.4 Å². The van der Waals surface area contributed by atoms with Gasteiger partial charge in [0.05, 0.1) is 49.5 Å². The normalized spacial score (nSPS) is 19.4. The molecule has 1 aromatic carbocycles. The first-order valence-corrected chi connectivity index (χ1v) is 19.7. The molecule has 0 bridgehead atoms. The lowest BCUT2D eigenvalue weighted by Gasteiger charge is -2.40. The highest BCUT2D eigenvalue weighted by molar-refractivity contribution is 7.39. The van der Waals surface area contributed by atoms with Crippen molar-refractivity contribution in [1.29, 1.82) is 0 Å². The second kappa shape index (κ2) is 20.5. The third-order valence-electron chi connectivity index (χ3n) is 10.3. The number of hydrogen-bond donors (Lipinski definition) is 1. The maximum Gasteiger partial charge on any atom is 0.509 e. The lowest BCUT2D eigenvalue weighted by atomic mass is 9.86. The van der Waals surface area contributed by atoms with Gasteiger partial charge >= 0.3 is 14.0 Å². The van der Waals surface area contributed by atoms with Gasteiger partial charge in [-0.25, -0.2) is 0 Å². The second-order valence-corrected chi connectivity index (χ2v) is 16.9. The lowest BCUT2D eigenvalue weighted by molar-refractivity contribution is -0.160. The van der Waals surface area contributed by atoms with Crippen molar-refractivity contribution in [2.45, 2.75) is 136 Å². The third kappa shape index (κ3) is 13.0. The molecule has 1 heterocycles. The minimum Gasteiger partial charge on any atom is -0.460 e. The minimum absolute atomic E-state index is 0.0148. The topological polar surface area (TPSA) is 140 Å². The highest BCUT2D eigenvalue weighted by atomic mass is 31.1. The SMILES string of the molecule is CC[C@H](C)[C@@H]([C@@H](CC(=O)N1CCC[C@H]1[C@H](OC)[C@@H](C)C(=O)C[C@@H](Cc1ccccc1)[P+](=O)O)OC)N(C)C(=O)[C@@H](CC(=O)OC(C)(C)C)C(C)C. The standard InChI is InChI=1S/C39H63N2O9P/c1-12-26(4)36(40(9)38(45)30(25(2)3)23-35(44)50-39(6,7)8)33(48-10)24-34(43)41-20-16-19-31(41)37(49-11)27(5)32(42)22-29(51(46)47)21-28-17-14-13-15-18-28/h13-15,17-18,25-27,29-31,33,36-37H,12,16,19-24H2,1-11H3/p+1/t26-,27-,29+,30-,31-,33+,36-,37+/m0/s1. The average Bonchev–Trinajstić information content (AvgIpc) is 3.55. The molecule has 1 aliphatic heterocycles. The Kier molecular flexibility index (Phi) is 17.9. The fourth-order valence-electron chi connectivity index (χ4n) is 7.31. The number of esters is 1. The van der Waals surface area contributed by atoms with E-state index in [2.05, 4.69) is 0 Å². The first kappa shape index (κ1) is 44.4. The number of nitrogens with zero attached hydrogens (tertiary/aromatic N) is 2. The van der Waals surface area contributed by atoms with E-state index in [1.165, 1.54) is 7.11 Å². The van der Waals surface area contributed by atoms with E-state index in [0.29, 0.717) is 19.4 Å². The van der Waals surface area contributed by atoms with Gasteiger partial charge in [0.25, 0.3) is 0 Å². The smallest absolute Gasteiger partial charge is 0.460 e. The zero-order valence-electron chi connectivity index (χ0n) is 32.8. The number of likely N-dealkylation sites (N-methyl/N-ethyl adjacent to an activating group) is 1. The first-order valence-electron chi connectivity index (χ1n) is 18.4. The van der Waals surface area contributed by atoms with Crippen LogP contribution in [0.5, 0.6) is 0 Å². The molecule has 51 heavy (non-hydrogen) atoms. The Labute approximate surface area is 307 Å². The van der Waals surface area contributed by atoms with Gasteiger partial charge in [0.15, 0.2) is 5.66 Å². The molecule has 0 spiro atoms. The van der Waals surface area contributed by atoms with Crippen LogP contribution in [0.15, 0.2) is 30.3 Å². The van der Waals surface area contributed by atoms with Crippen LogP contribution in [0, 0.1) is 23.7 Å². The summed E-state index contributed by atoms with van der Waals surface area (Å²) in [5, 5.41) is 0. The number of ether oxygens (including phenoxy) is 3. The summed E-state index contributed by atoms with van der Waals surface area (Å²) >= 11 is 0. The molecule has 1 fully saturated rings. The van der Waals surface area contributed by atoms with Crippen LogP contribution in [0.1, 0.15) is 99.5 Å². The van der Waals surface area contributed by atoms with E-state index in [0.717, 1.165) is 18.4 Å². The van der Waals surface area contributed by atoms with Crippen LogP contribution in [-0.2, 0) is 44.4 Å². The number of hydrogen-bond acceptors (Lipinski definition) is 8. The Morgan fingerprint density at radius 1 is 1.00 bits per heavy atom. The van der Waals surface area contributed by atoms with Crippen LogP contribution in [-0.4, -0.2) is 102 Å². The Morgan fingerprint density at radius 3 is 2.14 bits per heavy atom. The number of likely N-dealkylation sites (tertiary alicyclic amines) is 1. The highest BCUT2D eigenvalue weighted by Crippen LogP contribution is 2.34. The second-order valence-electron chi connectivity index (χ2n) is 15.5. The molecule has 0 aromatic heterocycles. The molecular weight excluding hydrogens is 671 g/mol. The Bertz CT molecular complexity index is 1300. The largest absolute Gasteiger partial charge is 0.509 e. The molecule has 1 unspecified atom stereocenters. The van der Waals surface area contributed by atoms with Gasteiger partial charge < -0.3 is 24.0 Å². The summed E-state index contributed by atoms with van der Waals surface area (Å²) < 4.78 is 29.7. The van der Waals surface area contributed by atoms with Crippen molar-refractivity contribution >= 4 is 31.6 Å². The minimum atomic E-state index is -2.59. The molecule has 1 aliphatic rings. The Morgan fingerprint density at radius 2 is 1.63 bits per heavy atom.